The van der Waals surface area contributed by atoms with Gasteiger partial charge in [-0.25, -0.2) is 4.68 Å². The fourth-order valence-electron chi connectivity index (χ4n) is 3.34. The average molecular weight is 456 g/mol. The molecule has 3 aromatic rings. The second-order valence-corrected chi connectivity index (χ2v) is 7.77. The normalized spacial score (nSPS) is 11.9. The highest BCUT2D eigenvalue weighted by atomic mass is 35.5. The zero-order chi connectivity index (χ0) is 23.4. The number of nitro benzene ring substituents is 1. The third-order valence-corrected chi connectivity index (χ3v) is 5.32. The Kier molecular flexibility index (Phi) is 7.01. The monoisotopic (exact) mass is 455 g/mol. The molecule has 32 heavy (non-hydrogen) atoms. The van der Waals surface area contributed by atoms with Crippen molar-refractivity contribution < 1.29 is 9.72 Å². The van der Waals surface area contributed by atoms with E-state index in [0.29, 0.717) is 10.7 Å². The van der Waals surface area contributed by atoms with Crippen LogP contribution in [-0.4, -0.2) is 46.2 Å². The highest BCUT2D eigenvalue weighted by Crippen LogP contribution is 2.25. The van der Waals surface area contributed by atoms with Crippen molar-refractivity contribution in [1.29, 1.82) is 0 Å². The molecule has 0 aliphatic carbocycles. The largest absolute Gasteiger partial charge is 0.349 e. The molecule has 1 heterocycles. The van der Waals surface area contributed by atoms with E-state index >= 15 is 0 Å². The Hall–Kier alpha value is -3.56. The number of amides is 1. The lowest BCUT2D eigenvalue weighted by molar-refractivity contribution is -0.384. The van der Waals surface area contributed by atoms with E-state index in [1.807, 2.05) is 37.2 Å². The van der Waals surface area contributed by atoms with Crippen LogP contribution in [0.3, 0.4) is 0 Å². The van der Waals surface area contributed by atoms with Gasteiger partial charge in [0, 0.05) is 29.4 Å². The van der Waals surface area contributed by atoms with Gasteiger partial charge in [-0.3, -0.25) is 19.7 Å². The summed E-state index contributed by atoms with van der Waals surface area (Å²) in [5.41, 5.74) is 0.229. The van der Waals surface area contributed by atoms with Crippen LogP contribution in [0.25, 0.3) is 5.69 Å². The van der Waals surface area contributed by atoms with Crippen LogP contribution >= 0.6 is 11.6 Å². The van der Waals surface area contributed by atoms with Gasteiger partial charge in [0.15, 0.2) is 5.69 Å². The molecule has 2 aromatic carbocycles. The first-order valence-electron chi connectivity index (χ1n) is 9.74. The first-order chi connectivity index (χ1) is 15.2. The molecular weight excluding hydrogens is 434 g/mol. The van der Waals surface area contributed by atoms with Crippen molar-refractivity contribution in [3.8, 4) is 5.69 Å². The van der Waals surface area contributed by atoms with Crippen LogP contribution in [0.15, 0.2) is 59.4 Å². The number of halogens is 1. The number of likely N-dealkylation sites (N-methyl/N-ethyl adjacent to an activating group) is 1. The van der Waals surface area contributed by atoms with Gasteiger partial charge >= 0.3 is 0 Å². The number of aryl methyl sites for hydroxylation is 1. The first-order valence-corrected chi connectivity index (χ1v) is 10.1. The SMILES string of the molecule is Cc1cc(=O)c(C(=O)NCC(c2ccccc2Cl)N(C)C)nn1-c1ccccc1[N+](=O)[O-]. The molecule has 1 aromatic heterocycles. The summed E-state index contributed by atoms with van der Waals surface area (Å²) in [5.74, 6) is -0.679. The number of nitro groups is 1. The average Bonchev–Trinajstić information content (AvgIpc) is 2.74. The van der Waals surface area contributed by atoms with E-state index in [9.17, 15) is 19.7 Å². The summed E-state index contributed by atoms with van der Waals surface area (Å²) in [6.07, 6.45) is 0. The van der Waals surface area contributed by atoms with E-state index in [4.69, 9.17) is 11.6 Å². The minimum Gasteiger partial charge on any atom is -0.349 e. The zero-order valence-electron chi connectivity index (χ0n) is 17.8. The molecule has 0 spiro atoms. The van der Waals surface area contributed by atoms with Gasteiger partial charge in [0.05, 0.1) is 11.0 Å². The summed E-state index contributed by atoms with van der Waals surface area (Å²) in [5, 5.41) is 18.8. The molecule has 0 radical (unpaired) electrons. The summed E-state index contributed by atoms with van der Waals surface area (Å²) in [7, 11) is 3.71. The molecule has 1 unspecified atom stereocenters. The van der Waals surface area contributed by atoms with Crippen LogP contribution in [0.2, 0.25) is 5.02 Å². The van der Waals surface area contributed by atoms with Gasteiger partial charge in [0.2, 0.25) is 5.43 Å². The molecule has 10 heteroatoms. The molecule has 0 aliphatic rings. The van der Waals surface area contributed by atoms with Gasteiger partial charge < -0.3 is 10.2 Å². The summed E-state index contributed by atoms with van der Waals surface area (Å²) < 4.78 is 1.23. The van der Waals surface area contributed by atoms with Gasteiger partial charge in [-0.1, -0.05) is 41.9 Å². The molecule has 0 bridgehead atoms. The topological polar surface area (TPSA) is 110 Å². The van der Waals surface area contributed by atoms with Crippen LogP contribution in [0.1, 0.15) is 27.8 Å². The van der Waals surface area contributed by atoms with Crippen molar-refractivity contribution >= 4 is 23.2 Å². The second-order valence-electron chi connectivity index (χ2n) is 7.37. The van der Waals surface area contributed by atoms with E-state index in [2.05, 4.69) is 10.4 Å². The Labute approximate surface area is 189 Å². The van der Waals surface area contributed by atoms with E-state index in [-0.39, 0.29) is 29.7 Å². The summed E-state index contributed by atoms with van der Waals surface area (Å²) in [6.45, 7) is 1.77. The maximum atomic E-state index is 12.9. The molecule has 0 aliphatic heterocycles. The lowest BCUT2D eigenvalue weighted by Crippen LogP contribution is -2.37. The number of nitrogens with one attached hydrogen (secondary N) is 1. The van der Waals surface area contributed by atoms with E-state index in [0.717, 1.165) is 5.56 Å². The molecule has 0 saturated heterocycles. The first kappa shape index (κ1) is 23.1. The van der Waals surface area contributed by atoms with Gasteiger partial charge in [0.1, 0.15) is 5.69 Å². The third kappa shape index (κ3) is 4.84. The Morgan fingerprint density at radius 2 is 1.88 bits per heavy atom. The Bertz CT molecular complexity index is 1220. The number of carbonyl (C=O) groups is 1. The second kappa shape index (κ2) is 9.71. The van der Waals surface area contributed by atoms with Crippen LogP contribution in [0.5, 0.6) is 0 Å². The molecule has 3 rings (SSSR count). The predicted octanol–water partition coefficient (Wildman–Crippen LogP) is 3.14. The van der Waals surface area contributed by atoms with E-state index in [1.165, 1.54) is 28.9 Å². The Morgan fingerprint density at radius 1 is 1.22 bits per heavy atom. The highest BCUT2D eigenvalue weighted by molar-refractivity contribution is 6.31. The van der Waals surface area contributed by atoms with Crippen molar-refractivity contribution in [2.45, 2.75) is 13.0 Å². The van der Waals surface area contributed by atoms with Crippen molar-refractivity contribution in [2.24, 2.45) is 0 Å². The molecule has 0 fully saturated rings. The molecule has 1 atom stereocenters. The van der Waals surface area contributed by atoms with Gasteiger partial charge in [-0.2, -0.15) is 5.10 Å². The number of hydrogen-bond donors (Lipinski definition) is 1. The lowest BCUT2D eigenvalue weighted by atomic mass is 10.1. The fourth-order valence-corrected chi connectivity index (χ4v) is 3.60. The smallest absolute Gasteiger partial charge is 0.294 e. The number of rotatable bonds is 7. The van der Waals surface area contributed by atoms with E-state index in [1.54, 1.807) is 19.1 Å². The van der Waals surface area contributed by atoms with Gasteiger partial charge in [-0.15, -0.1) is 0 Å². The highest BCUT2D eigenvalue weighted by Gasteiger charge is 2.22. The zero-order valence-corrected chi connectivity index (χ0v) is 18.5. The molecule has 9 nitrogen and oxygen atoms in total. The maximum absolute atomic E-state index is 12.9. The molecule has 166 valence electrons. The number of hydrogen-bond acceptors (Lipinski definition) is 6. The van der Waals surface area contributed by atoms with Crippen LogP contribution in [0.4, 0.5) is 5.69 Å². The number of aromatic nitrogens is 2. The van der Waals surface area contributed by atoms with Crippen LogP contribution in [-0.2, 0) is 0 Å². The Morgan fingerprint density at radius 3 is 2.53 bits per heavy atom. The minimum absolute atomic E-state index is 0.159. The lowest BCUT2D eigenvalue weighted by Gasteiger charge is -2.25. The maximum Gasteiger partial charge on any atom is 0.294 e. The Balaban J connectivity index is 1.92. The molecule has 0 saturated carbocycles. The summed E-state index contributed by atoms with van der Waals surface area (Å²) in [4.78, 5) is 38.1. The summed E-state index contributed by atoms with van der Waals surface area (Å²) >= 11 is 6.31. The minimum atomic E-state index is -0.679. The number of benzene rings is 2. The van der Waals surface area contributed by atoms with Crippen molar-refractivity contribution in [3.05, 3.63) is 96.9 Å². The quantitative estimate of drug-likeness (QED) is 0.433. The number of nitrogens with zero attached hydrogens (tertiary/aromatic N) is 4. The van der Waals surface area contributed by atoms with Crippen molar-refractivity contribution in [2.75, 3.05) is 20.6 Å². The molecule has 1 N–H and O–H groups in total. The van der Waals surface area contributed by atoms with Crippen molar-refractivity contribution in [3.63, 3.8) is 0 Å². The predicted molar refractivity (Wildman–Crippen MR) is 121 cm³/mol. The number of carbonyl (C=O) groups excluding carboxylic acids is 1. The van der Waals surface area contributed by atoms with Crippen LogP contribution in [0, 0.1) is 17.0 Å². The van der Waals surface area contributed by atoms with Gasteiger partial charge in [-0.05, 0) is 38.7 Å². The third-order valence-electron chi connectivity index (χ3n) is 4.97. The fraction of sp³-hybridized carbons (Fsp3) is 0.227. The number of para-hydroxylation sites is 2. The van der Waals surface area contributed by atoms with Gasteiger partial charge in [0.25, 0.3) is 11.6 Å². The standard InChI is InChI=1S/C22H22ClN5O4/c1-14-12-20(29)21(25-27(14)17-10-6-7-11-18(17)28(31)32)22(30)24-13-19(26(2)3)15-8-4-5-9-16(15)23/h4-12,19H,13H2,1-3H3,(H,24,30). The van der Waals surface area contributed by atoms with Crippen molar-refractivity contribution in [1.82, 2.24) is 20.0 Å². The summed E-state index contributed by atoms with van der Waals surface area (Å²) in [6, 6.07) is 14.3. The van der Waals surface area contributed by atoms with E-state index < -0.39 is 16.3 Å². The molecular formula is C22H22ClN5O4. The van der Waals surface area contributed by atoms with Crippen LogP contribution < -0.4 is 10.7 Å². The molecule has 1 amide bonds.